The van der Waals surface area contributed by atoms with Crippen molar-refractivity contribution in [1.82, 2.24) is 5.32 Å². The predicted molar refractivity (Wildman–Crippen MR) is 82.6 cm³/mol. The summed E-state index contributed by atoms with van der Waals surface area (Å²) < 4.78 is 0. The van der Waals surface area contributed by atoms with Crippen LogP contribution in [0.2, 0.25) is 5.02 Å². The van der Waals surface area contributed by atoms with E-state index in [-0.39, 0.29) is 16.6 Å². The normalized spacial score (nSPS) is 17.9. The summed E-state index contributed by atoms with van der Waals surface area (Å²) >= 11 is 10.9. The van der Waals surface area contributed by atoms with Crippen molar-refractivity contribution >= 4 is 46.4 Å². The third-order valence-electron chi connectivity index (χ3n) is 2.69. The molecular formula is C14H13ClN2O2S. The molecule has 1 aliphatic rings. The molecule has 1 fully saturated rings. The molecule has 1 saturated heterocycles. The third-order valence-corrected chi connectivity index (χ3v) is 3.22. The molecule has 0 unspecified atom stereocenters. The number of anilines is 1. The number of rotatable bonds is 2. The lowest BCUT2D eigenvalue weighted by atomic mass is 10.1. The summed E-state index contributed by atoms with van der Waals surface area (Å²) in [5.41, 5.74) is 0.669. The highest BCUT2D eigenvalue weighted by molar-refractivity contribution is 7.80. The van der Waals surface area contributed by atoms with Crippen LogP contribution < -0.4 is 10.2 Å². The van der Waals surface area contributed by atoms with Crippen LogP contribution >= 0.6 is 23.8 Å². The molecule has 0 spiro atoms. The first-order valence-corrected chi connectivity index (χ1v) is 6.86. The van der Waals surface area contributed by atoms with Gasteiger partial charge in [0.2, 0.25) is 0 Å². The van der Waals surface area contributed by atoms with Gasteiger partial charge in [-0.15, -0.1) is 0 Å². The molecule has 6 heteroatoms. The Morgan fingerprint density at radius 2 is 1.85 bits per heavy atom. The SMILES string of the molecule is CC(C)/C=C1/C(=O)NC(=S)N(c2ccc(Cl)cc2)C1=O. The smallest absolute Gasteiger partial charge is 0.269 e. The van der Waals surface area contributed by atoms with E-state index in [1.807, 2.05) is 13.8 Å². The van der Waals surface area contributed by atoms with Crippen LogP contribution in [0.4, 0.5) is 5.69 Å². The molecule has 1 aromatic carbocycles. The second-order valence-corrected chi connectivity index (χ2v) is 5.52. The van der Waals surface area contributed by atoms with Crippen molar-refractivity contribution in [2.75, 3.05) is 4.90 Å². The first kappa shape index (κ1) is 14.7. The van der Waals surface area contributed by atoms with Crippen LogP contribution in [0.15, 0.2) is 35.9 Å². The maximum Gasteiger partial charge on any atom is 0.269 e. The van der Waals surface area contributed by atoms with E-state index in [9.17, 15) is 9.59 Å². The van der Waals surface area contributed by atoms with Crippen LogP contribution in [0.25, 0.3) is 0 Å². The quantitative estimate of drug-likeness (QED) is 0.519. The van der Waals surface area contributed by atoms with Crippen molar-refractivity contribution in [2.45, 2.75) is 13.8 Å². The average Bonchev–Trinajstić information content (AvgIpc) is 2.36. The Labute approximate surface area is 127 Å². The van der Waals surface area contributed by atoms with Gasteiger partial charge in [0.25, 0.3) is 11.8 Å². The standard InChI is InChI=1S/C14H13ClN2O2S/c1-8(2)7-11-12(18)16-14(20)17(13(11)19)10-5-3-9(15)4-6-10/h3-8H,1-2H3,(H,16,18,20)/b11-7-. The van der Waals surface area contributed by atoms with Gasteiger partial charge in [-0.25, -0.2) is 0 Å². The Morgan fingerprint density at radius 1 is 1.25 bits per heavy atom. The first-order chi connectivity index (χ1) is 9.40. The Kier molecular flexibility index (Phi) is 4.20. The Balaban J connectivity index is 2.42. The molecule has 0 bridgehead atoms. The second kappa shape index (κ2) is 5.73. The number of halogens is 1. The summed E-state index contributed by atoms with van der Waals surface area (Å²) in [5, 5.41) is 3.16. The molecule has 0 saturated carbocycles. The number of nitrogens with zero attached hydrogens (tertiary/aromatic N) is 1. The first-order valence-electron chi connectivity index (χ1n) is 6.07. The molecule has 104 valence electrons. The summed E-state index contributed by atoms with van der Waals surface area (Å²) in [6, 6.07) is 6.68. The average molecular weight is 309 g/mol. The third kappa shape index (κ3) is 2.89. The highest BCUT2D eigenvalue weighted by Gasteiger charge is 2.34. The van der Waals surface area contributed by atoms with Crippen molar-refractivity contribution in [1.29, 1.82) is 0 Å². The van der Waals surface area contributed by atoms with E-state index in [1.54, 1.807) is 30.3 Å². The van der Waals surface area contributed by atoms with Gasteiger partial charge >= 0.3 is 0 Å². The monoisotopic (exact) mass is 308 g/mol. The van der Waals surface area contributed by atoms with Gasteiger partial charge in [-0.3, -0.25) is 19.8 Å². The number of hydrogen-bond donors (Lipinski definition) is 1. The molecule has 4 nitrogen and oxygen atoms in total. The van der Waals surface area contributed by atoms with Crippen LogP contribution in [0, 0.1) is 5.92 Å². The molecule has 1 heterocycles. The number of carbonyl (C=O) groups excluding carboxylic acids is 2. The van der Waals surface area contributed by atoms with Gasteiger partial charge in [0.15, 0.2) is 5.11 Å². The number of thiocarbonyl (C=S) groups is 1. The number of carbonyl (C=O) groups is 2. The minimum atomic E-state index is -0.459. The van der Waals surface area contributed by atoms with Crippen LogP contribution in [-0.4, -0.2) is 16.9 Å². The lowest BCUT2D eigenvalue weighted by Gasteiger charge is -2.29. The van der Waals surface area contributed by atoms with Gasteiger partial charge in [0.1, 0.15) is 5.57 Å². The second-order valence-electron chi connectivity index (χ2n) is 4.70. The maximum atomic E-state index is 12.4. The maximum absolute atomic E-state index is 12.4. The number of nitrogens with one attached hydrogen (secondary N) is 1. The van der Waals surface area contributed by atoms with Crippen LogP contribution in [0.3, 0.4) is 0 Å². The fourth-order valence-electron chi connectivity index (χ4n) is 1.84. The van der Waals surface area contributed by atoms with Crippen LogP contribution in [0.5, 0.6) is 0 Å². The van der Waals surface area contributed by atoms with E-state index >= 15 is 0 Å². The van der Waals surface area contributed by atoms with Gasteiger partial charge in [-0.05, 0) is 42.4 Å². The van der Waals surface area contributed by atoms with Crippen molar-refractivity contribution in [3.8, 4) is 0 Å². The molecule has 2 rings (SSSR count). The molecule has 1 N–H and O–H groups in total. The topological polar surface area (TPSA) is 49.4 Å². The van der Waals surface area contributed by atoms with E-state index < -0.39 is 11.8 Å². The zero-order valence-electron chi connectivity index (χ0n) is 11.0. The highest BCUT2D eigenvalue weighted by Crippen LogP contribution is 2.23. The molecule has 2 amide bonds. The van der Waals surface area contributed by atoms with Gasteiger partial charge in [0, 0.05) is 5.02 Å². The van der Waals surface area contributed by atoms with Crippen molar-refractivity contribution < 1.29 is 9.59 Å². The van der Waals surface area contributed by atoms with Gasteiger partial charge in [0.05, 0.1) is 5.69 Å². The Morgan fingerprint density at radius 3 is 2.40 bits per heavy atom. The summed E-state index contributed by atoms with van der Waals surface area (Å²) in [6.45, 7) is 3.79. The number of hydrogen-bond acceptors (Lipinski definition) is 3. The fraction of sp³-hybridized carbons (Fsp3) is 0.214. The van der Waals surface area contributed by atoms with E-state index in [0.717, 1.165) is 0 Å². The predicted octanol–water partition coefficient (Wildman–Crippen LogP) is 2.67. The molecular weight excluding hydrogens is 296 g/mol. The Hall–Kier alpha value is -1.72. The highest BCUT2D eigenvalue weighted by atomic mass is 35.5. The van der Waals surface area contributed by atoms with Crippen molar-refractivity contribution in [3.63, 3.8) is 0 Å². The minimum Gasteiger partial charge on any atom is -0.298 e. The molecule has 1 aliphatic heterocycles. The summed E-state index contributed by atoms with van der Waals surface area (Å²) in [4.78, 5) is 25.6. The van der Waals surface area contributed by atoms with Gasteiger partial charge in [-0.2, -0.15) is 0 Å². The molecule has 0 atom stereocenters. The zero-order chi connectivity index (χ0) is 14.9. The van der Waals surface area contributed by atoms with Crippen molar-refractivity contribution in [3.05, 3.63) is 40.9 Å². The molecule has 0 radical (unpaired) electrons. The summed E-state index contributed by atoms with van der Waals surface area (Å²) in [5.74, 6) is -0.799. The molecule has 0 aromatic heterocycles. The lowest BCUT2D eigenvalue weighted by molar-refractivity contribution is -0.122. The van der Waals surface area contributed by atoms with E-state index in [2.05, 4.69) is 5.32 Å². The number of amides is 2. The molecule has 1 aromatic rings. The fourth-order valence-corrected chi connectivity index (χ4v) is 2.24. The lowest BCUT2D eigenvalue weighted by Crippen LogP contribution is -2.54. The van der Waals surface area contributed by atoms with E-state index in [4.69, 9.17) is 23.8 Å². The van der Waals surface area contributed by atoms with Crippen LogP contribution in [-0.2, 0) is 9.59 Å². The number of allylic oxidation sites excluding steroid dienone is 1. The zero-order valence-corrected chi connectivity index (χ0v) is 12.6. The minimum absolute atomic E-state index is 0.0724. The number of benzene rings is 1. The molecule has 20 heavy (non-hydrogen) atoms. The van der Waals surface area contributed by atoms with E-state index in [0.29, 0.717) is 10.7 Å². The summed E-state index contributed by atoms with van der Waals surface area (Å²) in [7, 11) is 0. The van der Waals surface area contributed by atoms with E-state index in [1.165, 1.54) is 4.90 Å². The largest absolute Gasteiger partial charge is 0.298 e. The molecule has 0 aliphatic carbocycles. The van der Waals surface area contributed by atoms with Crippen molar-refractivity contribution in [2.24, 2.45) is 5.92 Å². The summed E-state index contributed by atoms with van der Waals surface area (Å²) in [6.07, 6.45) is 1.63. The van der Waals surface area contributed by atoms with Gasteiger partial charge < -0.3 is 0 Å². The van der Waals surface area contributed by atoms with Gasteiger partial charge in [-0.1, -0.05) is 31.5 Å². The Bertz CT molecular complexity index is 608. The van der Waals surface area contributed by atoms with Crippen LogP contribution in [0.1, 0.15) is 13.8 Å².